The van der Waals surface area contributed by atoms with Crippen molar-refractivity contribution < 1.29 is 27.8 Å². The van der Waals surface area contributed by atoms with Gasteiger partial charge in [-0.1, -0.05) is 6.42 Å². The van der Waals surface area contributed by atoms with Gasteiger partial charge in [-0.25, -0.2) is 13.2 Å². The second-order valence-corrected chi connectivity index (χ2v) is 6.62. The number of sulfonamides is 1. The van der Waals surface area contributed by atoms with Crippen LogP contribution >= 0.6 is 0 Å². The standard InChI is InChI=1S/C12H17NO6S/c1-8-11(7-10(19-8)12(15)16)20(17,18)13(5-6-14)9-3-2-4-9/h7,9,14H,2-6H2,1H3,(H,15,16). The quantitative estimate of drug-likeness (QED) is 0.805. The van der Waals surface area contributed by atoms with Crippen molar-refractivity contribution in [2.24, 2.45) is 0 Å². The molecule has 1 aromatic heterocycles. The van der Waals surface area contributed by atoms with Crippen LogP contribution in [-0.2, 0) is 10.0 Å². The molecule has 1 aliphatic rings. The van der Waals surface area contributed by atoms with Gasteiger partial charge in [-0.3, -0.25) is 0 Å². The van der Waals surface area contributed by atoms with Crippen molar-refractivity contribution in [2.45, 2.75) is 37.1 Å². The van der Waals surface area contributed by atoms with Crippen LogP contribution in [0.15, 0.2) is 15.4 Å². The molecule has 1 aromatic rings. The zero-order valence-electron chi connectivity index (χ0n) is 11.1. The topological polar surface area (TPSA) is 108 Å². The highest BCUT2D eigenvalue weighted by Gasteiger charge is 2.36. The third-order valence-electron chi connectivity index (χ3n) is 3.47. The number of aliphatic hydroxyl groups excluding tert-OH is 1. The fourth-order valence-electron chi connectivity index (χ4n) is 2.23. The van der Waals surface area contributed by atoms with Crippen molar-refractivity contribution in [1.29, 1.82) is 0 Å². The van der Waals surface area contributed by atoms with Gasteiger partial charge in [-0.2, -0.15) is 4.31 Å². The van der Waals surface area contributed by atoms with E-state index in [0.29, 0.717) is 0 Å². The van der Waals surface area contributed by atoms with Crippen LogP contribution in [0.5, 0.6) is 0 Å². The number of carboxylic acid groups (broad SMARTS) is 1. The molecule has 0 bridgehead atoms. The monoisotopic (exact) mass is 303 g/mol. The van der Waals surface area contributed by atoms with Crippen LogP contribution in [0.2, 0.25) is 0 Å². The molecule has 8 heteroatoms. The van der Waals surface area contributed by atoms with Crippen LogP contribution in [-0.4, -0.2) is 48.1 Å². The Kier molecular flexibility index (Phi) is 4.17. The number of carboxylic acids is 1. The van der Waals surface area contributed by atoms with E-state index < -0.39 is 21.8 Å². The number of aromatic carboxylic acids is 1. The van der Waals surface area contributed by atoms with Crippen molar-refractivity contribution >= 4 is 16.0 Å². The molecular formula is C12H17NO6S. The lowest BCUT2D eigenvalue weighted by Gasteiger charge is -2.35. The van der Waals surface area contributed by atoms with Crippen LogP contribution in [0.1, 0.15) is 35.6 Å². The van der Waals surface area contributed by atoms with Crippen LogP contribution in [0.3, 0.4) is 0 Å². The molecule has 1 aliphatic carbocycles. The number of hydrogen-bond donors (Lipinski definition) is 2. The van der Waals surface area contributed by atoms with Crippen molar-refractivity contribution in [3.8, 4) is 0 Å². The van der Waals surface area contributed by atoms with E-state index in [9.17, 15) is 13.2 Å². The molecule has 1 fully saturated rings. The minimum Gasteiger partial charge on any atom is -0.475 e. The number of furan rings is 1. The van der Waals surface area contributed by atoms with Gasteiger partial charge in [0, 0.05) is 18.7 Å². The maximum atomic E-state index is 12.6. The van der Waals surface area contributed by atoms with Crippen LogP contribution in [0, 0.1) is 6.92 Å². The molecule has 2 rings (SSSR count). The number of hydrogen-bond acceptors (Lipinski definition) is 5. The minimum atomic E-state index is -3.85. The Morgan fingerprint density at radius 3 is 2.55 bits per heavy atom. The Balaban J connectivity index is 2.39. The molecule has 1 heterocycles. The average molecular weight is 303 g/mol. The third-order valence-corrected chi connectivity index (χ3v) is 5.53. The predicted octanol–water partition coefficient (Wildman–Crippen LogP) is 0.822. The number of nitrogens with zero attached hydrogens (tertiary/aromatic N) is 1. The zero-order valence-corrected chi connectivity index (χ0v) is 11.9. The lowest BCUT2D eigenvalue weighted by atomic mass is 9.93. The molecule has 20 heavy (non-hydrogen) atoms. The van der Waals surface area contributed by atoms with Crippen molar-refractivity contribution in [2.75, 3.05) is 13.2 Å². The lowest BCUT2D eigenvalue weighted by Crippen LogP contribution is -2.45. The van der Waals surface area contributed by atoms with E-state index in [4.69, 9.17) is 14.6 Å². The second kappa shape index (κ2) is 5.55. The first kappa shape index (κ1) is 15.0. The predicted molar refractivity (Wildman–Crippen MR) is 69.0 cm³/mol. The normalized spacial score (nSPS) is 16.4. The number of aryl methyl sites for hydroxylation is 1. The molecule has 0 aromatic carbocycles. The summed E-state index contributed by atoms with van der Waals surface area (Å²) in [5.74, 6) is -1.67. The molecule has 0 atom stereocenters. The van der Waals surface area contributed by atoms with E-state index in [1.807, 2.05) is 0 Å². The Labute approximate surface area is 116 Å². The van der Waals surface area contributed by atoms with Gasteiger partial charge in [-0.15, -0.1) is 0 Å². The van der Waals surface area contributed by atoms with Gasteiger partial charge >= 0.3 is 5.97 Å². The first-order valence-corrected chi connectivity index (χ1v) is 7.78. The first-order chi connectivity index (χ1) is 9.37. The van der Waals surface area contributed by atoms with Gasteiger partial charge < -0.3 is 14.6 Å². The Morgan fingerprint density at radius 2 is 2.15 bits per heavy atom. The van der Waals surface area contributed by atoms with Crippen LogP contribution < -0.4 is 0 Å². The Hall–Kier alpha value is -1.38. The smallest absolute Gasteiger partial charge is 0.371 e. The molecule has 0 amide bonds. The van der Waals surface area contributed by atoms with Gasteiger partial charge in [-0.05, 0) is 19.8 Å². The van der Waals surface area contributed by atoms with E-state index in [1.165, 1.54) is 11.2 Å². The summed E-state index contributed by atoms with van der Waals surface area (Å²) in [4.78, 5) is 10.7. The van der Waals surface area contributed by atoms with Gasteiger partial charge in [0.25, 0.3) is 0 Å². The summed E-state index contributed by atoms with van der Waals surface area (Å²) in [7, 11) is -3.85. The number of aliphatic hydroxyl groups is 1. The summed E-state index contributed by atoms with van der Waals surface area (Å²) in [6.45, 7) is 1.13. The molecule has 0 radical (unpaired) electrons. The lowest BCUT2D eigenvalue weighted by molar-refractivity contribution is 0.0661. The fourth-order valence-corrected chi connectivity index (χ4v) is 4.06. The Morgan fingerprint density at radius 1 is 1.50 bits per heavy atom. The fraction of sp³-hybridized carbons (Fsp3) is 0.583. The summed E-state index contributed by atoms with van der Waals surface area (Å²) in [6.07, 6.45) is 2.46. The average Bonchev–Trinajstić information content (AvgIpc) is 2.69. The van der Waals surface area contributed by atoms with Crippen molar-refractivity contribution in [1.82, 2.24) is 4.31 Å². The SMILES string of the molecule is Cc1oc(C(=O)O)cc1S(=O)(=O)N(CCO)C1CCC1. The third kappa shape index (κ3) is 2.58. The Bertz CT molecular complexity index is 601. The van der Waals surface area contributed by atoms with Gasteiger partial charge in [0.05, 0.1) is 6.61 Å². The van der Waals surface area contributed by atoms with E-state index in [0.717, 1.165) is 25.3 Å². The van der Waals surface area contributed by atoms with Gasteiger partial charge in [0.2, 0.25) is 15.8 Å². The molecule has 0 saturated heterocycles. The first-order valence-electron chi connectivity index (χ1n) is 6.34. The maximum absolute atomic E-state index is 12.6. The summed E-state index contributed by atoms with van der Waals surface area (Å²) >= 11 is 0. The molecule has 0 spiro atoms. The number of rotatable bonds is 6. The highest BCUT2D eigenvalue weighted by molar-refractivity contribution is 7.89. The van der Waals surface area contributed by atoms with E-state index in [1.54, 1.807) is 0 Å². The van der Waals surface area contributed by atoms with Crippen molar-refractivity contribution in [3.63, 3.8) is 0 Å². The van der Waals surface area contributed by atoms with E-state index in [-0.39, 0.29) is 29.8 Å². The largest absolute Gasteiger partial charge is 0.475 e. The van der Waals surface area contributed by atoms with Gasteiger partial charge in [0.1, 0.15) is 10.7 Å². The van der Waals surface area contributed by atoms with Crippen molar-refractivity contribution in [3.05, 3.63) is 17.6 Å². The second-order valence-electron chi connectivity index (χ2n) is 4.76. The molecule has 0 unspecified atom stereocenters. The molecule has 2 N–H and O–H groups in total. The zero-order chi connectivity index (χ0) is 14.9. The summed E-state index contributed by atoms with van der Waals surface area (Å²) in [5, 5.41) is 17.9. The summed E-state index contributed by atoms with van der Waals surface area (Å²) in [6, 6.07) is 0.894. The molecule has 7 nitrogen and oxygen atoms in total. The van der Waals surface area contributed by atoms with Crippen LogP contribution in [0.4, 0.5) is 0 Å². The number of carbonyl (C=O) groups is 1. The maximum Gasteiger partial charge on any atom is 0.371 e. The summed E-state index contributed by atoms with van der Waals surface area (Å²) < 4.78 is 31.3. The summed E-state index contributed by atoms with van der Waals surface area (Å²) in [5.41, 5.74) is 0. The highest BCUT2D eigenvalue weighted by Crippen LogP contribution is 2.31. The molecule has 0 aliphatic heterocycles. The molecular weight excluding hydrogens is 286 g/mol. The van der Waals surface area contributed by atoms with Crippen LogP contribution in [0.25, 0.3) is 0 Å². The van der Waals surface area contributed by atoms with E-state index in [2.05, 4.69) is 0 Å². The minimum absolute atomic E-state index is 0.0000246. The highest BCUT2D eigenvalue weighted by atomic mass is 32.2. The van der Waals surface area contributed by atoms with Gasteiger partial charge in [0.15, 0.2) is 0 Å². The molecule has 112 valence electrons. The van der Waals surface area contributed by atoms with E-state index >= 15 is 0 Å². The molecule has 1 saturated carbocycles.